The van der Waals surface area contributed by atoms with Crippen molar-refractivity contribution in [3.8, 4) is 0 Å². The molecule has 0 saturated carbocycles. The van der Waals surface area contributed by atoms with Gasteiger partial charge in [-0.25, -0.2) is 0 Å². The van der Waals surface area contributed by atoms with E-state index < -0.39 is 0 Å². The second-order valence-electron chi connectivity index (χ2n) is 4.76. The summed E-state index contributed by atoms with van der Waals surface area (Å²) in [5.74, 6) is 5.66. The molecule has 0 aromatic carbocycles. The van der Waals surface area contributed by atoms with Gasteiger partial charge in [-0.3, -0.25) is 0 Å². The first-order chi connectivity index (χ1) is 6.34. The summed E-state index contributed by atoms with van der Waals surface area (Å²) in [5.41, 5.74) is 2.42. The largest absolute Gasteiger partial charge is 0.323 e. The molecule has 0 rings (SSSR count). The highest BCUT2D eigenvalue weighted by Crippen LogP contribution is 2.30. The molecule has 0 aromatic rings. The molecule has 0 spiro atoms. The van der Waals surface area contributed by atoms with E-state index in [4.69, 9.17) is 5.84 Å². The van der Waals surface area contributed by atoms with Crippen LogP contribution in [0.3, 0.4) is 0 Å². The normalized spacial score (nSPS) is 14.7. The Bertz CT molecular complexity index is 252. The van der Waals surface area contributed by atoms with Gasteiger partial charge in [0.05, 0.1) is 6.21 Å². The molecule has 2 heteroatoms. The van der Waals surface area contributed by atoms with Crippen molar-refractivity contribution in [2.24, 2.45) is 22.3 Å². The quantitative estimate of drug-likeness (QED) is 0.319. The standard InChI is InChI=1S/C12H22N2/c1-7-10(9(2)3)11(8-14-13)12(4,5)6/h7-9H,1,13H2,2-6H3/b11-10-,14-8-. The summed E-state index contributed by atoms with van der Waals surface area (Å²) in [6, 6.07) is 0. The fourth-order valence-corrected chi connectivity index (χ4v) is 1.43. The van der Waals surface area contributed by atoms with Gasteiger partial charge < -0.3 is 5.84 Å². The Labute approximate surface area is 87.6 Å². The Morgan fingerprint density at radius 3 is 2.07 bits per heavy atom. The highest BCUT2D eigenvalue weighted by molar-refractivity contribution is 5.82. The van der Waals surface area contributed by atoms with E-state index in [0.717, 1.165) is 5.57 Å². The van der Waals surface area contributed by atoms with Gasteiger partial charge in [-0.1, -0.05) is 47.3 Å². The fourth-order valence-electron chi connectivity index (χ4n) is 1.43. The summed E-state index contributed by atoms with van der Waals surface area (Å²) in [5, 5.41) is 3.62. The third-order valence-electron chi connectivity index (χ3n) is 2.16. The second-order valence-corrected chi connectivity index (χ2v) is 4.76. The van der Waals surface area contributed by atoms with Crippen LogP contribution < -0.4 is 5.84 Å². The molecule has 0 bridgehead atoms. The summed E-state index contributed by atoms with van der Waals surface area (Å²) in [6.45, 7) is 14.6. The maximum Gasteiger partial charge on any atom is 0.0505 e. The number of hydrogen-bond acceptors (Lipinski definition) is 2. The van der Waals surface area contributed by atoms with Gasteiger partial charge in [0.1, 0.15) is 0 Å². The van der Waals surface area contributed by atoms with Crippen LogP contribution in [-0.4, -0.2) is 6.21 Å². The predicted octanol–water partition coefficient (Wildman–Crippen LogP) is 3.12. The zero-order chi connectivity index (χ0) is 11.4. The monoisotopic (exact) mass is 194 g/mol. The van der Waals surface area contributed by atoms with E-state index in [1.165, 1.54) is 5.57 Å². The summed E-state index contributed by atoms with van der Waals surface area (Å²) >= 11 is 0. The molecular weight excluding hydrogens is 172 g/mol. The molecule has 0 heterocycles. The minimum atomic E-state index is 0.0522. The number of hydrazone groups is 1. The van der Waals surface area contributed by atoms with E-state index >= 15 is 0 Å². The van der Waals surface area contributed by atoms with Crippen LogP contribution in [-0.2, 0) is 0 Å². The average molecular weight is 194 g/mol. The van der Waals surface area contributed by atoms with E-state index in [1.807, 2.05) is 6.08 Å². The molecule has 0 atom stereocenters. The first kappa shape index (κ1) is 12.9. The molecule has 80 valence electrons. The lowest BCUT2D eigenvalue weighted by Crippen LogP contribution is -2.15. The lowest BCUT2D eigenvalue weighted by molar-refractivity contribution is 0.515. The molecule has 0 aliphatic rings. The minimum absolute atomic E-state index is 0.0522. The van der Waals surface area contributed by atoms with E-state index in [9.17, 15) is 0 Å². The van der Waals surface area contributed by atoms with Crippen molar-refractivity contribution in [1.82, 2.24) is 0 Å². The molecule has 0 aliphatic heterocycles. The molecule has 2 nitrogen and oxygen atoms in total. The van der Waals surface area contributed by atoms with E-state index in [2.05, 4.69) is 46.3 Å². The van der Waals surface area contributed by atoms with Crippen LogP contribution >= 0.6 is 0 Å². The van der Waals surface area contributed by atoms with Crippen LogP contribution in [0.15, 0.2) is 28.9 Å². The van der Waals surface area contributed by atoms with E-state index in [0.29, 0.717) is 5.92 Å². The number of hydrogen-bond donors (Lipinski definition) is 1. The molecule has 0 amide bonds. The van der Waals surface area contributed by atoms with Gasteiger partial charge in [-0.05, 0) is 22.5 Å². The SMILES string of the molecule is C=C/C(=C(\C=N/N)C(C)(C)C)C(C)C. The van der Waals surface area contributed by atoms with Crippen LogP contribution in [0.5, 0.6) is 0 Å². The first-order valence-electron chi connectivity index (χ1n) is 4.95. The highest BCUT2D eigenvalue weighted by atomic mass is 15.1. The topological polar surface area (TPSA) is 38.4 Å². The summed E-state index contributed by atoms with van der Waals surface area (Å²) in [7, 11) is 0. The zero-order valence-electron chi connectivity index (χ0n) is 9.96. The van der Waals surface area contributed by atoms with Gasteiger partial charge in [0, 0.05) is 0 Å². The molecule has 0 unspecified atom stereocenters. The summed E-state index contributed by atoms with van der Waals surface area (Å²) in [6.07, 6.45) is 3.63. The molecular formula is C12H22N2. The van der Waals surface area contributed by atoms with Gasteiger partial charge in [0.25, 0.3) is 0 Å². The average Bonchev–Trinajstić information content (AvgIpc) is 2.02. The first-order valence-corrected chi connectivity index (χ1v) is 4.95. The Morgan fingerprint density at radius 2 is 1.86 bits per heavy atom. The summed E-state index contributed by atoms with van der Waals surface area (Å²) < 4.78 is 0. The van der Waals surface area contributed by atoms with Crippen molar-refractivity contribution in [3.05, 3.63) is 23.8 Å². The third kappa shape index (κ3) is 3.36. The number of nitrogens with zero attached hydrogens (tertiary/aromatic N) is 1. The molecule has 0 saturated heterocycles. The second kappa shape index (κ2) is 4.99. The smallest absolute Gasteiger partial charge is 0.0505 e. The van der Waals surface area contributed by atoms with Gasteiger partial charge in [0.2, 0.25) is 0 Å². The molecule has 2 N–H and O–H groups in total. The molecule has 14 heavy (non-hydrogen) atoms. The zero-order valence-corrected chi connectivity index (χ0v) is 9.96. The lowest BCUT2D eigenvalue weighted by atomic mass is 9.81. The van der Waals surface area contributed by atoms with Crippen molar-refractivity contribution in [1.29, 1.82) is 0 Å². The van der Waals surface area contributed by atoms with Crippen molar-refractivity contribution >= 4 is 6.21 Å². The van der Waals surface area contributed by atoms with Crippen LogP contribution in [0.1, 0.15) is 34.6 Å². The van der Waals surface area contributed by atoms with Crippen molar-refractivity contribution in [3.63, 3.8) is 0 Å². The van der Waals surface area contributed by atoms with Crippen molar-refractivity contribution in [2.75, 3.05) is 0 Å². The van der Waals surface area contributed by atoms with Gasteiger partial charge in [-0.15, -0.1) is 0 Å². The maximum atomic E-state index is 5.22. The van der Waals surface area contributed by atoms with E-state index in [-0.39, 0.29) is 5.41 Å². The van der Waals surface area contributed by atoms with E-state index in [1.54, 1.807) is 6.21 Å². The number of nitrogens with two attached hydrogens (primary N) is 1. The molecule has 0 fully saturated rings. The Kier molecular flexibility index (Phi) is 4.61. The predicted molar refractivity (Wildman–Crippen MR) is 64.2 cm³/mol. The maximum absolute atomic E-state index is 5.22. The molecule has 0 aliphatic carbocycles. The Balaban J connectivity index is 5.44. The fraction of sp³-hybridized carbons (Fsp3) is 0.583. The van der Waals surface area contributed by atoms with Gasteiger partial charge in [0.15, 0.2) is 0 Å². The Morgan fingerprint density at radius 1 is 1.36 bits per heavy atom. The summed E-state index contributed by atoms with van der Waals surface area (Å²) in [4.78, 5) is 0. The molecule has 0 radical (unpaired) electrons. The van der Waals surface area contributed by atoms with Crippen LogP contribution in [0.25, 0.3) is 0 Å². The van der Waals surface area contributed by atoms with Crippen molar-refractivity contribution < 1.29 is 0 Å². The lowest BCUT2D eigenvalue weighted by Gasteiger charge is -2.24. The number of rotatable bonds is 3. The van der Waals surface area contributed by atoms with Gasteiger partial charge >= 0.3 is 0 Å². The van der Waals surface area contributed by atoms with Gasteiger partial charge in [-0.2, -0.15) is 5.10 Å². The Hall–Kier alpha value is -1.05. The van der Waals surface area contributed by atoms with Crippen LogP contribution in [0, 0.1) is 11.3 Å². The number of allylic oxidation sites excluding steroid dienone is 3. The third-order valence-corrected chi connectivity index (χ3v) is 2.16. The van der Waals surface area contributed by atoms with Crippen molar-refractivity contribution in [2.45, 2.75) is 34.6 Å². The van der Waals surface area contributed by atoms with Crippen LogP contribution in [0.2, 0.25) is 0 Å². The minimum Gasteiger partial charge on any atom is -0.323 e. The molecule has 0 aromatic heterocycles. The highest BCUT2D eigenvalue weighted by Gasteiger charge is 2.19. The van der Waals surface area contributed by atoms with Crippen LogP contribution in [0.4, 0.5) is 0 Å².